The lowest BCUT2D eigenvalue weighted by Gasteiger charge is -2.24. The summed E-state index contributed by atoms with van der Waals surface area (Å²) in [7, 11) is 4.16. The van der Waals surface area contributed by atoms with Gasteiger partial charge in [0.05, 0.1) is 0 Å². The number of likely N-dealkylation sites (tertiary alicyclic amines) is 1. The largest absolute Gasteiger partial charge is 0.396 e. The third-order valence-corrected chi connectivity index (χ3v) is 3.26. The zero-order valence-corrected chi connectivity index (χ0v) is 9.74. The van der Waals surface area contributed by atoms with Gasteiger partial charge in [0.2, 0.25) is 0 Å². The fraction of sp³-hybridized carbons (Fsp3) is 1.00. The Morgan fingerprint density at radius 2 is 2.21 bits per heavy atom. The first-order chi connectivity index (χ1) is 6.67. The van der Waals surface area contributed by atoms with Crippen molar-refractivity contribution in [1.29, 1.82) is 0 Å². The van der Waals surface area contributed by atoms with E-state index in [0.29, 0.717) is 18.4 Å². The summed E-state index contributed by atoms with van der Waals surface area (Å²) in [6.07, 6.45) is 1.26. The summed E-state index contributed by atoms with van der Waals surface area (Å²) < 4.78 is 0. The van der Waals surface area contributed by atoms with Gasteiger partial charge in [0.15, 0.2) is 0 Å². The highest BCUT2D eigenvalue weighted by Gasteiger charge is 2.28. The van der Waals surface area contributed by atoms with Gasteiger partial charge in [0, 0.05) is 19.7 Å². The van der Waals surface area contributed by atoms with Gasteiger partial charge in [-0.05, 0) is 45.4 Å². The second kappa shape index (κ2) is 5.69. The number of hydrogen-bond acceptors (Lipinski definition) is 3. The highest BCUT2D eigenvalue weighted by Crippen LogP contribution is 2.24. The van der Waals surface area contributed by atoms with Crippen LogP contribution < -0.4 is 0 Å². The summed E-state index contributed by atoms with van der Waals surface area (Å²) in [6.45, 7) is 7.10. The number of nitrogens with zero attached hydrogens (tertiary/aromatic N) is 2. The quantitative estimate of drug-likeness (QED) is 0.700. The van der Waals surface area contributed by atoms with Gasteiger partial charge in [-0.3, -0.25) is 0 Å². The lowest BCUT2D eigenvalue weighted by atomic mass is 9.92. The molecule has 0 aromatic carbocycles. The third-order valence-electron chi connectivity index (χ3n) is 3.26. The van der Waals surface area contributed by atoms with Gasteiger partial charge < -0.3 is 14.9 Å². The van der Waals surface area contributed by atoms with Crippen molar-refractivity contribution in [2.45, 2.75) is 13.3 Å². The maximum atomic E-state index is 9.35. The first-order valence-electron chi connectivity index (χ1n) is 5.65. The van der Waals surface area contributed by atoms with Crippen LogP contribution in [0.1, 0.15) is 13.3 Å². The van der Waals surface area contributed by atoms with Crippen molar-refractivity contribution in [2.24, 2.45) is 11.8 Å². The summed E-state index contributed by atoms with van der Waals surface area (Å²) in [4.78, 5) is 4.65. The molecule has 0 aromatic heterocycles. The fourth-order valence-corrected chi connectivity index (χ4v) is 2.36. The molecule has 14 heavy (non-hydrogen) atoms. The molecule has 1 heterocycles. The maximum Gasteiger partial charge on any atom is 0.0474 e. The molecule has 0 aromatic rings. The number of hydrogen-bond donors (Lipinski definition) is 1. The normalized spacial score (nSPS) is 25.9. The molecule has 0 aliphatic carbocycles. The van der Waals surface area contributed by atoms with Crippen molar-refractivity contribution in [1.82, 2.24) is 9.80 Å². The Hall–Kier alpha value is -0.120. The molecule has 2 atom stereocenters. The molecule has 1 rings (SSSR count). The zero-order valence-electron chi connectivity index (χ0n) is 9.74. The molecule has 1 N–H and O–H groups in total. The van der Waals surface area contributed by atoms with Crippen LogP contribution in [0, 0.1) is 11.8 Å². The van der Waals surface area contributed by atoms with Crippen LogP contribution in [0.15, 0.2) is 0 Å². The highest BCUT2D eigenvalue weighted by atomic mass is 16.3. The molecule has 0 saturated carbocycles. The van der Waals surface area contributed by atoms with Crippen molar-refractivity contribution in [3.8, 4) is 0 Å². The standard InChI is InChI=1S/C11H24N2O/c1-4-13-6-5-10(8-13)11(9-14)7-12(2)3/h10-11,14H,4-9H2,1-3H3. The minimum absolute atomic E-state index is 0.334. The van der Waals surface area contributed by atoms with Crippen LogP contribution >= 0.6 is 0 Å². The monoisotopic (exact) mass is 200 g/mol. The second-order valence-electron chi connectivity index (χ2n) is 4.65. The Kier molecular flexibility index (Phi) is 4.85. The van der Waals surface area contributed by atoms with Gasteiger partial charge >= 0.3 is 0 Å². The van der Waals surface area contributed by atoms with E-state index in [-0.39, 0.29) is 0 Å². The SMILES string of the molecule is CCN1CCC(C(CO)CN(C)C)C1. The molecule has 1 aliphatic rings. The van der Waals surface area contributed by atoms with Crippen LogP contribution in [0.3, 0.4) is 0 Å². The van der Waals surface area contributed by atoms with Gasteiger partial charge in [0.25, 0.3) is 0 Å². The van der Waals surface area contributed by atoms with Crippen LogP contribution in [0.25, 0.3) is 0 Å². The van der Waals surface area contributed by atoms with Crippen LogP contribution in [0.2, 0.25) is 0 Å². The first-order valence-corrected chi connectivity index (χ1v) is 5.65. The molecule has 0 amide bonds. The van der Waals surface area contributed by atoms with E-state index >= 15 is 0 Å². The molecule has 1 aliphatic heterocycles. The van der Waals surface area contributed by atoms with Gasteiger partial charge in [0.1, 0.15) is 0 Å². The van der Waals surface area contributed by atoms with Crippen molar-refractivity contribution in [3.05, 3.63) is 0 Å². The van der Waals surface area contributed by atoms with E-state index in [0.717, 1.165) is 13.1 Å². The van der Waals surface area contributed by atoms with Gasteiger partial charge in [-0.2, -0.15) is 0 Å². The number of aliphatic hydroxyl groups is 1. The van der Waals surface area contributed by atoms with E-state index in [2.05, 4.69) is 30.8 Å². The maximum absolute atomic E-state index is 9.35. The van der Waals surface area contributed by atoms with Crippen molar-refractivity contribution in [3.63, 3.8) is 0 Å². The molecule has 1 fully saturated rings. The Balaban J connectivity index is 2.38. The summed E-state index contributed by atoms with van der Waals surface area (Å²) in [6, 6.07) is 0. The van der Waals surface area contributed by atoms with E-state index < -0.39 is 0 Å². The van der Waals surface area contributed by atoms with Crippen LogP contribution in [0.5, 0.6) is 0 Å². The number of rotatable bonds is 5. The third kappa shape index (κ3) is 3.23. The molecule has 3 heteroatoms. The summed E-state index contributed by atoms with van der Waals surface area (Å²) in [5.74, 6) is 1.16. The van der Waals surface area contributed by atoms with E-state index in [1.54, 1.807) is 0 Å². The van der Waals surface area contributed by atoms with Crippen molar-refractivity contribution < 1.29 is 5.11 Å². The Labute approximate surface area is 87.7 Å². The highest BCUT2D eigenvalue weighted by molar-refractivity contribution is 4.81. The second-order valence-corrected chi connectivity index (χ2v) is 4.65. The van der Waals surface area contributed by atoms with Crippen LogP contribution in [-0.2, 0) is 0 Å². The predicted molar refractivity (Wildman–Crippen MR) is 59.4 cm³/mol. The summed E-state index contributed by atoms with van der Waals surface area (Å²) in [5, 5.41) is 9.35. The first kappa shape index (κ1) is 12.0. The van der Waals surface area contributed by atoms with Gasteiger partial charge in [-0.25, -0.2) is 0 Å². The zero-order chi connectivity index (χ0) is 10.6. The molecular weight excluding hydrogens is 176 g/mol. The Bertz CT molecular complexity index is 161. The van der Waals surface area contributed by atoms with Gasteiger partial charge in [-0.1, -0.05) is 6.92 Å². The molecule has 0 radical (unpaired) electrons. The van der Waals surface area contributed by atoms with Crippen LogP contribution in [0.4, 0.5) is 0 Å². The lowest BCUT2D eigenvalue weighted by molar-refractivity contribution is 0.144. The summed E-state index contributed by atoms with van der Waals surface area (Å²) >= 11 is 0. The number of aliphatic hydroxyl groups excluding tert-OH is 1. The van der Waals surface area contributed by atoms with Crippen molar-refractivity contribution in [2.75, 3.05) is 46.9 Å². The summed E-state index contributed by atoms with van der Waals surface area (Å²) in [5.41, 5.74) is 0. The van der Waals surface area contributed by atoms with E-state index in [1.165, 1.54) is 19.5 Å². The fourth-order valence-electron chi connectivity index (χ4n) is 2.36. The van der Waals surface area contributed by atoms with Crippen LogP contribution in [-0.4, -0.2) is 61.8 Å². The smallest absolute Gasteiger partial charge is 0.0474 e. The molecular formula is C11H24N2O. The molecule has 0 bridgehead atoms. The molecule has 1 saturated heterocycles. The van der Waals surface area contributed by atoms with E-state index in [1.807, 2.05) is 0 Å². The molecule has 0 spiro atoms. The lowest BCUT2D eigenvalue weighted by Crippen LogP contribution is -2.32. The Morgan fingerprint density at radius 3 is 2.64 bits per heavy atom. The van der Waals surface area contributed by atoms with Gasteiger partial charge in [-0.15, -0.1) is 0 Å². The minimum Gasteiger partial charge on any atom is -0.396 e. The minimum atomic E-state index is 0.334. The van der Waals surface area contributed by atoms with E-state index in [9.17, 15) is 5.11 Å². The molecule has 2 unspecified atom stereocenters. The molecule has 84 valence electrons. The van der Waals surface area contributed by atoms with Crippen molar-refractivity contribution >= 4 is 0 Å². The Morgan fingerprint density at radius 1 is 1.50 bits per heavy atom. The topological polar surface area (TPSA) is 26.7 Å². The average Bonchev–Trinajstić information content (AvgIpc) is 2.62. The van der Waals surface area contributed by atoms with E-state index in [4.69, 9.17) is 0 Å². The molecule has 3 nitrogen and oxygen atoms in total. The predicted octanol–water partition coefficient (Wildman–Crippen LogP) is 0.498. The average molecular weight is 200 g/mol.